The molecule has 17 heavy (non-hydrogen) atoms. The Bertz CT molecular complexity index is 497. The van der Waals surface area contributed by atoms with Gasteiger partial charge in [0.25, 0.3) is 0 Å². The van der Waals surface area contributed by atoms with Gasteiger partial charge in [-0.3, -0.25) is 0 Å². The summed E-state index contributed by atoms with van der Waals surface area (Å²) < 4.78 is 5.72. The second-order valence-corrected chi connectivity index (χ2v) is 3.85. The Balaban J connectivity index is 2.23. The Morgan fingerprint density at radius 3 is 2.82 bits per heavy atom. The number of rotatable bonds is 4. The van der Waals surface area contributed by atoms with E-state index in [2.05, 4.69) is 4.98 Å². The Labute approximate surface area is 101 Å². The van der Waals surface area contributed by atoms with Crippen LogP contribution in [0.1, 0.15) is 11.1 Å². The topological polar surface area (TPSA) is 42.4 Å². The third kappa shape index (κ3) is 3.04. The molecule has 3 heteroatoms. The minimum Gasteiger partial charge on any atom is -0.439 e. The minimum absolute atomic E-state index is 0.113. The first-order valence-electron chi connectivity index (χ1n) is 5.59. The number of hydrogen-bond donors (Lipinski definition) is 1. The van der Waals surface area contributed by atoms with Crippen LogP contribution in [0.4, 0.5) is 0 Å². The Hall–Kier alpha value is -1.87. The number of aliphatic hydroxyl groups excluding tert-OH is 1. The van der Waals surface area contributed by atoms with Gasteiger partial charge in [-0.25, -0.2) is 4.98 Å². The van der Waals surface area contributed by atoms with Gasteiger partial charge in [0.1, 0.15) is 5.75 Å². The fourth-order valence-corrected chi connectivity index (χ4v) is 1.61. The van der Waals surface area contributed by atoms with Crippen LogP contribution < -0.4 is 4.74 Å². The fourth-order valence-electron chi connectivity index (χ4n) is 1.61. The van der Waals surface area contributed by atoms with E-state index in [1.54, 1.807) is 6.20 Å². The van der Waals surface area contributed by atoms with Gasteiger partial charge in [0.2, 0.25) is 5.88 Å². The number of pyridine rings is 1. The lowest BCUT2D eigenvalue weighted by atomic mass is 10.1. The van der Waals surface area contributed by atoms with E-state index in [1.165, 1.54) is 0 Å². The van der Waals surface area contributed by atoms with Gasteiger partial charge in [-0.15, -0.1) is 0 Å². The molecule has 0 saturated carbocycles. The van der Waals surface area contributed by atoms with Crippen LogP contribution in [0.3, 0.4) is 0 Å². The van der Waals surface area contributed by atoms with Crippen molar-refractivity contribution in [2.24, 2.45) is 0 Å². The highest BCUT2D eigenvalue weighted by molar-refractivity contribution is 5.36. The van der Waals surface area contributed by atoms with E-state index in [0.717, 1.165) is 16.9 Å². The van der Waals surface area contributed by atoms with Gasteiger partial charge in [-0.1, -0.05) is 18.2 Å². The average molecular weight is 229 g/mol. The highest BCUT2D eigenvalue weighted by Gasteiger charge is 2.04. The van der Waals surface area contributed by atoms with Crippen LogP contribution in [0.25, 0.3) is 0 Å². The zero-order chi connectivity index (χ0) is 12.1. The normalized spacial score (nSPS) is 10.2. The molecule has 1 heterocycles. The van der Waals surface area contributed by atoms with Crippen LogP contribution in [0.2, 0.25) is 0 Å². The van der Waals surface area contributed by atoms with Crippen LogP contribution in [0.15, 0.2) is 42.6 Å². The molecule has 0 radical (unpaired) electrons. The first-order valence-corrected chi connectivity index (χ1v) is 5.59. The molecule has 1 aromatic heterocycles. The van der Waals surface area contributed by atoms with E-state index in [4.69, 9.17) is 9.84 Å². The van der Waals surface area contributed by atoms with E-state index >= 15 is 0 Å². The molecule has 3 nitrogen and oxygen atoms in total. The smallest absolute Gasteiger partial charge is 0.219 e. The predicted molar refractivity (Wildman–Crippen MR) is 66.3 cm³/mol. The summed E-state index contributed by atoms with van der Waals surface area (Å²) in [6.07, 6.45) is 2.31. The maximum Gasteiger partial charge on any atom is 0.219 e. The van der Waals surface area contributed by atoms with Crippen molar-refractivity contribution in [2.75, 3.05) is 6.61 Å². The summed E-state index contributed by atoms with van der Waals surface area (Å²) in [6, 6.07) is 11.5. The third-order valence-electron chi connectivity index (χ3n) is 2.46. The molecule has 0 aliphatic carbocycles. The number of aromatic nitrogens is 1. The van der Waals surface area contributed by atoms with Crippen LogP contribution in [0, 0.1) is 6.92 Å². The summed E-state index contributed by atoms with van der Waals surface area (Å²) in [4.78, 5) is 4.15. The van der Waals surface area contributed by atoms with Gasteiger partial charge in [0.15, 0.2) is 0 Å². The SMILES string of the molecule is Cc1ccnc(Oc2ccccc2CCO)c1. The number of para-hydroxylation sites is 1. The van der Waals surface area contributed by atoms with Crippen LogP contribution in [0.5, 0.6) is 11.6 Å². The lowest BCUT2D eigenvalue weighted by Gasteiger charge is -2.09. The predicted octanol–water partition coefficient (Wildman–Crippen LogP) is 2.72. The van der Waals surface area contributed by atoms with Crippen molar-refractivity contribution >= 4 is 0 Å². The molecule has 1 N–H and O–H groups in total. The van der Waals surface area contributed by atoms with Crippen LogP contribution in [-0.4, -0.2) is 16.7 Å². The summed E-state index contributed by atoms with van der Waals surface area (Å²) in [5.41, 5.74) is 2.09. The molecule has 0 saturated heterocycles. The zero-order valence-electron chi connectivity index (χ0n) is 9.76. The average Bonchev–Trinajstić information content (AvgIpc) is 2.32. The monoisotopic (exact) mass is 229 g/mol. The maximum atomic E-state index is 8.98. The highest BCUT2D eigenvalue weighted by atomic mass is 16.5. The largest absolute Gasteiger partial charge is 0.439 e. The highest BCUT2D eigenvalue weighted by Crippen LogP contribution is 2.24. The molecule has 0 spiro atoms. The summed E-state index contributed by atoms with van der Waals surface area (Å²) in [5.74, 6) is 1.33. The van der Waals surface area contributed by atoms with E-state index in [-0.39, 0.29) is 6.61 Å². The van der Waals surface area contributed by atoms with Gasteiger partial charge in [-0.05, 0) is 36.6 Å². The van der Waals surface area contributed by atoms with Crippen LogP contribution in [-0.2, 0) is 6.42 Å². The van der Waals surface area contributed by atoms with Crippen LogP contribution >= 0.6 is 0 Å². The van der Waals surface area contributed by atoms with Crippen molar-refractivity contribution < 1.29 is 9.84 Å². The van der Waals surface area contributed by atoms with E-state index < -0.39 is 0 Å². The number of aryl methyl sites for hydroxylation is 1. The molecule has 2 aromatic rings. The maximum absolute atomic E-state index is 8.98. The first kappa shape index (κ1) is 11.6. The molecule has 0 aliphatic rings. The van der Waals surface area contributed by atoms with Crippen molar-refractivity contribution in [2.45, 2.75) is 13.3 Å². The molecule has 2 rings (SSSR count). The molecule has 1 aromatic carbocycles. The molecular weight excluding hydrogens is 214 g/mol. The molecule has 0 fully saturated rings. The number of benzene rings is 1. The lowest BCUT2D eigenvalue weighted by molar-refractivity contribution is 0.297. The molecule has 0 unspecified atom stereocenters. The van der Waals surface area contributed by atoms with Gasteiger partial charge in [0, 0.05) is 18.9 Å². The zero-order valence-corrected chi connectivity index (χ0v) is 9.76. The quantitative estimate of drug-likeness (QED) is 0.876. The molecule has 0 amide bonds. The summed E-state index contributed by atoms with van der Waals surface area (Å²) >= 11 is 0. The number of aliphatic hydroxyl groups is 1. The van der Waals surface area contributed by atoms with Gasteiger partial charge in [-0.2, -0.15) is 0 Å². The number of ether oxygens (including phenoxy) is 1. The Kier molecular flexibility index (Phi) is 3.73. The molecule has 0 atom stereocenters. The second-order valence-electron chi connectivity index (χ2n) is 3.85. The van der Waals surface area contributed by atoms with Gasteiger partial charge in [0.05, 0.1) is 0 Å². The summed E-state index contributed by atoms with van der Waals surface area (Å²) in [5, 5.41) is 8.98. The summed E-state index contributed by atoms with van der Waals surface area (Å²) in [6.45, 7) is 2.11. The molecule has 0 aliphatic heterocycles. The standard InChI is InChI=1S/C14H15NO2/c1-11-6-8-15-14(10-11)17-13-5-3-2-4-12(13)7-9-16/h2-6,8,10,16H,7,9H2,1H3. The molecular formula is C14H15NO2. The van der Waals surface area contributed by atoms with Gasteiger partial charge >= 0.3 is 0 Å². The Morgan fingerprint density at radius 1 is 1.24 bits per heavy atom. The van der Waals surface area contributed by atoms with Gasteiger partial charge < -0.3 is 9.84 Å². The van der Waals surface area contributed by atoms with E-state index in [9.17, 15) is 0 Å². The second kappa shape index (κ2) is 5.46. The van der Waals surface area contributed by atoms with Crippen molar-refractivity contribution in [3.8, 4) is 11.6 Å². The molecule has 0 bridgehead atoms. The Morgan fingerprint density at radius 2 is 2.06 bits per heavy atom. The van der Waals surface area contributed by atoms with Crippen molar-refractivity contribution in [3.63, 3.8) is 0 Å². The minimum atomic E-state index is 0.113. The lowest BCUT2D eigenvalue weighted by Crippen LogP contribution is -1.96. The summed E-state index contributed by atoms with van der Waals surface area (Å²) in [7, 11) is 0. The third-order valence-corrected chi connectivity index (χ3v) is 2.46. The molecule has 88 valence electrons. The number of nitrogens with zero attached hydrogens (tertiary/aromatic N) is 1. The first-order chi connectivity index (χ1) is 8.29. The van der Waals surface area contributed by atoms with Crippen molar-refractivity contribution in [3.05, 3.63) is 53.7 Å². The fraction of sp³-hybridized carbons (Fsp3) is 0.214. The van der Waals surface area contributed by atoms with E-state index in [0.29, 0.717) is 12.3 Å². The number of hydrogen-bond acceptors (Lipinski definition) is 3. The van der Waals surface area contributed by atoms with E-state index in [1.807, 2.05) is 43.3 Å². The van der Waals surface area contributed by atoms with Crippen molar-refractivity contribution in [1.82, 2.24) is 4.98 Å². The van der Waals surface area contributed by atoms with Crippen molar-refractivity contribution in [1.29, 1.82) is 0 Å².